The normalized spacial score (nSPS) is 16.7. The van der Waals surface area contributed by atoms with Gasteiger partial charge in [0.25, 0.3) is 5.91 Å². The standard InChI is InChI=1S/C15H16N2O4/c1-3-12-15(19)17(6-5-16)11-7-10(9-18)8-13(20-4-2)14(11)21-12/h7-9,12H,3-4,6H2,1-2H3. The smallest absolute Gasteiger partial charge is 0.269 e. The number of anilines is 1. The molecule has 0 radical (unpaired) electrons. The molecule has 1 heterocycles. The number of amides is 1. The lowest BCUT2D eigenvalue weighted by atomic mass is 10.1. The quantitative estimate of drug-likeness (QED) is 0.611. The van der Waals surface area contributed by atoms with Crippen LogP contribution in [-0.2, 0) is 4.79 Å². The molecule has 110 valence electrons. The molecule has 0 N–H and O–H groups in total. The first-order valence-corrected chi connectivity index (χ1v) is 6.77. The lowest BCUT2D eigenvalue weighted by Gasteiger charge is -2.33. The largest absolute Gasteiger partial charge is 0.490 e. The van der Waals surface area contributed by atoms with Crippen molar-refractivity contribution in [3.05, 3.63) is 17.7 Å². The fraction of sp³-hybridized carbons (Fsp3) is 0.400. The molecule has 1 amide bonds. The van der Waals surface area contributed by atoms with Gasteiger partial charge in [-0.15, -0.1) is 0 Å². The van der Waals surface area contributed by atoms with E-state index in [4.69, 9.17) is 14.7 Å². The maximum absolute atomic E-state index is 12.3. The molecule has 6 heteroatoms. The van der Waals surface area contributed by atoms with Gasteiger partial charge in [0.2, 0.25) is 0 Å². The van der Waals surface area contributed by atoms with E-state index in [1.165, 1.54) is 11.0 Å². The number of ether oxygens (including phenoxy) is 2. The van der Waals surface area contributed by atoms with Crippen LogP contribution in [-0.4, -0.2) is 31.4 Å². The van der Waals surface area contributed by atoms with Crippen LogP contribution in [0.5, 0.6) is 11.5 Å². The Morgan fingerprint density at radius 2 is 2.24 bits per heavy atom. The molecule has 1 aliphatic heterocycles. The zero-order valence-electron chi connectivity index (χ0n) is 12.0. The first-order valence-electron chi connectivity index (χ1n) is 6.77. The van der Waals surface area contributed by atoms with Gasteiger partial charge in [-0.3, -0.25) is 14.5 Å². The number of rotatable bonds is 5. The van der Waals surface area contributed by atoms with Crippen molar-refractivity contribution in [1.82, 2.24) is 0 Å². The van der Waals surface area contributed by atoms with Crippen LogP contribution >= 0.6 is 0 Å². The Bertz CT molecular complexity index is 606. The Balaban J connectivity index is 2.60. The minimum absolute atomic E-state index is 0.0976. The molecule has 0 spiro atoms. The van der Waals surface area contributed by atoms with E-state index in [9.17, 15) is 9.59 Å². The summed E-state index contributed by atoms with van der Waals surface area (Å²) in [5, 5.41) is 8.93. The van der Waals surface area contributed by atoms with Crippen molar-refractivity contribution in [3.8, 4) is 17.6 Å². The molecule has 0 aromatic heterocycles. The van der Waals surface area contributed by atoms with Gasteiger partial charge >= 0.3 is 0 Å². The van der Waals surface area contributed by atoms with Crippen molar-refractivity contribution in [3.63, 3.8) is 0 Å². The molecule has 0 fully saturated rings. The number of carbonyl (C=O) groups excluding carboxylic acids is 2. The highest BCUT2D eigenvalue weighted by Crippen LogP contribution is 2.43. The summed E-state index contributed by atoms with van der Waals surface area (Å²) < 4.78 is 11.2. The van der Waals surface area contributed by atoms with E-state index in [2.05, 4.69) is 0 Å². The summed E-state index contributed by atoms with van der Waals surface area (Å²) in [6, 6.07) is 5.07. The average molecular weight is 288 g/mol. The Hall–Kier alpha value is -2.55. The first kappa shape index (κ1) is 14.9. The van der Waals surface area contributed by atoms with Crippen molar-refractivity contribution in [2.24, 2.45) is 0 Å². The summed E-state index contributed by atoms with van der Waals surface area (Å²) in [7, 11) is 0. The molecular formula is C15H16N2O4. The monoisotopic (exact) mass is 288 g/mol. The second kappa shape index (κ2) is 6.27. The van der Waals surface area contributed by atoms with Gasteiger partial charge in [0.05, 0.1) is 18.4 Å². The molecule has 1 aromatic rings. The van der Waals surface area contributed by atoms with E-state index in [0.29, 0.717) is 42.1 Å². The average Bonchev–Trinajstić information content (AvgIpc) is 2.50. The van der Waals surface area contributed by atoms with Gasteiger partial charge in [0.1, 0.15) is 12.8 Å². The minimum Gasteiger partial charge on any atom is -0.490 e. The summed E-state index contributed by atoms with van der Waals surface area (Å²) in [5.74, 6) is 0.534. The van der Waals surface area contributed by atoms with Crippen LogP contribution in [0, 0.1) is 11.3 Å². The van der Waals surface area contributed by atoms with Crippen molar-refractivity contribution < 1.29 is 19.1 Å². The summed E-state index contributed by atoms with van der Waals surface area (Å²) in [4.78, 5) is 24.7. The van der Waals surface area contributed by atoms with E-state index in [1.54, 1.807) is 6.07 Å². The molecular weight excluding hydrogens is 272 g/mol. The summed E-state index contributed by atoms with van der Waals surface area (Å²) in [6.45, 7) is 3.96. The molecule has 1 unspecified atom stereocenters. The summed E-state index contributed by atoms with van der Waals surface area (Å²) in [5.41, 5.74) is 0.769. The third-order valence-corrected chi connectivity index (χ3v) is 3.19. The number of nitriles is 1. The third-order valence-electron chi connectivity index (χ3n) is 3.19. The van der Waals surface area contributed by atoms with Crippen LogP contribution in [0.3, 0.4) is 0 Å². The Kier molecular flexibility index (Phi) is 4.43. The minimum atomic E-state index is -0.646. The number of fused-ring (bicyclic) bond motifs is 1. The molecule has 0 saturated carbocycles. The molecule has 0 bridgehead atoms. The summed E-state index contributed by atoms with van der Waals surface area (Å²) >= 11 is 0. The molecule has 1 aliphatic rings. The van der Waals surface area contributed by atoms with E-state index < -0.39 is 6.10 Å². The van der Waals surface area contributed by atoms with Crippen LogP contribution < -0.4 is 14.4 Å². The first-order chi connectivity index (χ1) is 10.2. The van der Waals surface area contributed by atoms with Crippen LogP contribution in [0.25, 0.3) is 0 Å². The van der Waals surface area contributed by atoms with Crippen LogP contribution in [0.4, 0.5) is 5.69 Å². The maximum atomic E-state index is 12.3. The fourth-order valence-electron chi connectivity index (χ4n) is 2.23. The van der Waals surface area contributed by atoms with Crippen molar-refractivity contribution in [2.75, 3.05) is 18.1 Å². The second-order valence-electron chi connectivity index (χ2n) is 4.52. The van der Waals surface area contributed by atoms with Crippen LogP contribution in [0.15, 0.2) is 12.1 Å². The van der Waals surface area contributed by atoms with Crippen molar-refractivity contribution in [1.29, 1.82) is 5.26 Å². The van der Waals surface area contributed by atoms with Gasteiger partial charge in [-0.25, -0.2) is 0 Å². The molecule has 6 nitrogen and oxygen atoms in total. The van der Waals surface area contributed by atoms with Gasteiger partial charge in [-0.2, -0.15) is 5.26 Å². The highest BCUT2D eigenvalue weighted by atomic mass is 16.5. The van der Waals surface area contributed by atoms with E-state index in [0.717, 1.165) is 0 Å². The molecule has 1 aromatic carbocycles. The zero-order valence-corrected chi connectivity index (χ0v) is 12.0. The van der Waals surface area contributed by atoms with Gasteiger partial charge in [-0.1, -0.05) is 6.92 Å². The summed E-state index contributed by atoms with van der Waals surface area (Å²) in [6.07, 6.45) is 0.512. The highest BCUT2D eigenvalue weighted by molar-refractivity contribution is 6.02. The molecule has 0 aliphatic carbocycles. The lowest BCUT2D eigenvalue weighted by molar-refractivity contribution is -0.126. The number of benzene rings is 1. The number of hydrogen-bond acceptors (Lipinski definition) is 5. The van der Waals surface area contributed by atoms with E-state index in [-0.39, 0.29) is 12.5 Å². The van der Waals surface area contributed by atoms with E-state index in [1.807, 2.05) is 19.9 Å². The maximum Gasteiger partial charge on any atom is 0.269 e. The van der Waals surface area contributed by atoms with Gasteiger partial charge in [0.15, 0.2) is 17.6 Å². The zero-order chi connectivity index (χ0) is 15.4. The fourth-order valence-corrected chi connectivity index (χ4v) is 2.23. The Morgan fingerprint density at radius 3 is 2.81 bits per heavy atom. The molecule has 21 heavy (non-hydrogen) atoms. The van der Waals surface area contributed by atoms with E-state index >= 15 is 0 Å². The topological polar surface area (TPSA) is 79.6 Å². The number of nitrogens with zero attached hydrogens (tertiary/aromatic N) is 2. The van der Waals surface area contributed by atoms with Crippen LogP contribution in [0.2, 0.25) is 0 Å². The predicted octanol–water partition coefficient (Wildman–Crippen LogP) is 1.93. The number of hydrogen-bond donors (Lipinski definition) is 0. The molecule has 1 atom stereocenters. The Morgan fingerprint density at radius 1 is 1.48 bits per heavy atom. The second-order valence-corrected chi connectivity index (χ2v) is 4.52. The van der Waals surface area contributed by atoms with Crippen molar-refractivity contribution in [2.45, 2.75) is 26.4 Å². The lowest BCUT2D eigenvalue weighted by Crippen LogP contribution is -2.46. The highest BCUT2D eigenvalue weighted by Gasteiger charge is 2.35. The van der Waals surface area contributed by atoms with Crippen molar-refractivity contribution >= 4 is 17.9 Å². The number of carbonyl (C=O) groups is 2. The van der Waals surface area contributed by atoms with Gasteiger partial charge in [0, 0.05) is 5.56 Å². The van der Waals surface area contributed by atoms with Gasteiger partial charge in [-0.05, 0) is 25.5 Å². The molecule has 2 rings (SSSR count). The molecule has 0 saturated heterocycles. The number of aldehydes is 1. The predicted molar refractivity (Wildman–Crippen MR) is 75.7 cm³/mol. The van der Waals surface area contributed by atoms with Gasteiger partial charge < -0.3 is 9.47 Å². The SMILES string of the molecule is CCOc1cc(C=O)cc2c1OC(CC)C(=O)N2CC#N. The third kappa shape index (κ3) is 2.68. The Labute approximate surface area is 122 Å². The van der Waals surface area contributed by atoms with Crippen LogP contribution in [0.1, 0.15) is 30.6 Å².